The van der Waals surface area contributed by atoms with Gasteiger partial charge < -0.3 is 4.74 Å². The van der Waals surface area contributed by atoms with E-state index in [0.29, 0.717) is 6.61 Å². The monoisotopic (exact) mass is 178 g/mol. The highest BCUT2D eigenvalue weighted by atomic mass is 35.5. The van der Waals surface area contributed by atoms with Crippen LogP contribution in [0, 0.1) is 0 Å². The Morgan fingerprint density at radius 3 is 2.55 bits per heavy atom. The highest BCUT2D eigenvalue weighted by Crippen LogP contribution is 2.00. The maximum absolute atomic E-state index is 5.69. The molecule has 0 bridgehead atoms. The van der Waals surface area contributed by atoms with E-state index in [0.717, 1.165) is 6.61 Å². The number of alkyl halides is 1. The van der Waals surface area contributed by atoms with Crippen LogP contribution in [0.1, 0.15) is 39.5 Å². The van der Waals surface area contributed by atoms with Gasteiger partial charge in [-0.1, -0.05) is 26.2 Å². The minimum Gasteiger partial charge on any atom is -0.380 e. The maximum atomic E-state index is 5.69. The maximum Gasteiger partial charge on any atom is 0.0627 e. The van der Waals surface area contributed by atoms with Gasteiger partial charge in [0.2, 0.25) is 0 Å². The molecule has 1 unspecified atom stereocenters. The van der Waals surface area contributed by atoms with Crippen LogP contribution in [0.3, 0.4) is 0 Å². The fourth-order valence-corrected chi connectivity index (χ4v) is 0.966. The molecule has 2 heteroatoms. The van der Waals surface area contributed by atoms with Gasteiger partial charge in [-0.3, -0.25) is 0 Å². The summed E-state index contributed by atoms with van der Waals surface area (Å²) in [5.74, 6) is 0. The average Bonchev–Trinajstić information content (AvgIpc) is 1.96. The van der Waals surface area contributed by atoms with E-state index in [-0.39, 0.29) is 5.38 Å². The quantitative estimate of drug-likeness (QED) is 0.430. The highest BCUT2D eigenvalue weighted by Gasteiger charge is 1.94. The van der Waals surface area contributed by atoms with E-state index >= 15 is 0 Å². The lowest BCUT2D eigenvalue weighted by Gasteiger charge is -2.04. The summed E-state index contributed by atoms with van der Waals surface area (Å²) in [5.41, 5.74) is 0. The Kier molecular flexibility index (Phi) is 8.54. The number of hydrogen-bond donors (Lipinski definition) is 0. The molecular formula is C9H19ClO. The Balaban J connectivity index is 2.80. The second-order valence-corrected chi connectivity index (χ2v) is 3.66. The van der Waals surface area contributed by atoms with E-state index in [2.05, 4.69) is 6.92 Å². The van der Waals surface area contributed by atoms with Crippen LogP contribution >= 0.6 is 11.6 Å². The highest BCUT2D eigenvalue weighted by molar-refractivity contribution is 6.20. The fraction of sp³-hybridized carbons (Fsp3) is 1.00. The van der Waals surface area contributed by atoms with Crippen LogP contribution in [0.4, 0.5) is 0 Å². The second kappa shape index (κ2) is 8.35. The van der Waals surface area contributed by atoms with Gasteiger partial charge in [0.15, 0.2) is 0 Å². The summed E-state index contributed by atoms with van der Waals surface area (Å²) in [6.45, 7) is 5.72. The predicted octanol–water partition coefficient (Wildman–Crippen LogP) is 3.21. The molecule has 0 aromatic heterocycles. The summed E-state index contributed by atoms with van der Waals surface area (Å²) in [4.78, 5) is 0. The number of rotatable bonds is 7. The van der Waals surface area contributed by atoms with Gasteiger partial charge in [0.05, 0.1) is 12.0 Å². The van der Waals surface area contributed by atoms with Crippen molar-refractivity contribution in [1.29, 1.82) is 0 Å². The SMILES string of the molecule is CCCCCCOCC(C)Cl. The smallest absolute Gasteiger partial charge is 0.0627 e. The molecule has 0 aliphatic heterocycles. The molecule has 1 atom stereocenters. The van der Waals surface area contributed by atoms with Gasteiger partial charge in [-0.2, -0.15) is 0 Å². The number of unbranched alkanes of at least 4 members (excludes halogenated alkanes) is 3. The first-order valence-electron chi connectivity index (χ1n) is 4.49. The third-order valence-corrected chi connectivity index (χ3v) is 1.62. The van der Waals surface area contributed by atoms with Crippen molar-refractivity contribution in [2.24, 2.45) is 0 Å². The van der Waals surface area contributed by atoms with Crippen molar-refractivity contribution in [2.75, 3.05) is 13.2 Å². The molecule has 0 rings (SSSR count). The Bertz CT molecular complexity index is 74.0. The van der Waals surface area contributed by atoms with Gasteiger partial charge in [-0.15, -0.1) is 11.6 Å². The fourth-order valence-electron chi connectivity index (χ4n) is 0.877. The molecule has 0 aliphatic carbocycles. The van der Waals surface area contributed by atoms with Crippen LogP contribution in [0.15, 0.2) is 0 Å². The molecule has 0 N–H and O–H groups in total. The topological polar surface area (TPSA) is 9.23 Å². The summed E-state index contributed by atoms with van der Waals surface area (Å²) in [7, 11) is 0. The Morgan fingerprint density at radius 2 is 2.00 bits per heavy atom. The van der Waals surface area contributed by atoms with Crippen molar-refractivity contribution in [3.8, 4) is 0 Å². The first kappa shape index (κ1) is 11.2. The van der Waals surface area contributed by atoms with E-state index in [4.69, 9.17) is 16.3 Å². The van der Waals surface area contributed by atoms with Gasteiger partial charge in [0.25, 0.3) is 0 Å². The van der Waals surface area contributed by atoms with Crippen molar-refractivity contribution in [1.82, 2.24) is 0 Å². The van der Waals surface area contributed by atoms with E-state index in [9.17, 15) is 0 Å². The van der Waals surface area contributed by atoms with E-state index in [1.54, 1.807) is 0 Å². The zero-order chi connectivity index (χ0) is 8.53. The lowest BCUT2D eigenvalue weighted by molar-refractivity contribution is 0.132. The van der Waals surface area contributed by atoms with E-state index < -0.39 is 0 Å². The molecule has 11 heavy (non-hydrogen) atoms. The summed E-state index contributed by atoms with van der Waals surface area (Å²) < 4.78 is 5.31. The lowest BCUT2D eigenvalue weighted by Crippen LogP contribution is -2.05. The normalized spacial score (nSPS) is 13.4. The molecule has 0 amide bonds. The third kappa shape index (κ3) is 10.2. The first-order chi connectivity index (χ1) is 5.27. The van der Waals surface area contributed by atoms with Gasteiger partial charge in [0.1, 0.15) is 0 Å². The van der Waals surface area contributed by atoms with Crippen LogP contribution in [-0.2, 0) is 4.74 Å². The molecule has 0 aliphatic rings. The Morgan fingerprint density at radius 1 is 1.27 bits per heavy atom. The zero-order valence-corrected chi connectivity index (χ0v) is 8.36. The van der Waals surface area contributed by atoms with Crippen LogP contribution in [0.2, 0.25) is 0 Å². The number of halogens is 1. The number of hydrogen-bond acceptors (Lipinski definition) is 1. The van der Waals surface area contributed by atoms with Crippen LogP contribution in [-0.4, -0.2) is 18.6 Å². The van der Waals surface area contributed by atoms with Crippen LogP contribution < -0.4 is 0 Å². The molecule has 0 aromatic rings. The molecule has 0 radical (unpaired) electrons. The molecule has 68 valence electrons. The van der Waals surface area contributed by atoms with Crippen molar-refractivity contribution < 1.29 is 4.74 Å². The second-order valence-electron chi connectivity index (χ2n) is 2.92. The van der Waals surface area contributed by atoms with Gasteiger partial charge in [-0.05, 0) is 13.3 Å². The molecule has 0 heterocycles. The van der Waals surface area contributed by atoms with Crippen molar-refractivity contribution in [2.45, 2.75) is 44.9 Å². The molecular weight excluding hydrogens is 160 g/mol. The molecule has 0 aromatic carbocycles. The Labute approximate surface area is 75.1 Å². The number of ether oxygens (including phenoxy) is 1. The minimum absolute atomic E-state index is 0.154. The molecule has 0 spiro atoms. The molecule has 0 saturated heterocycles. The largest absolute Gasteiger partial charge is 0.380 e. The summed E-state index contributed by atoms with van der Waals surface area (Å²) in [6, 6.07) is 0. The zero-order valence-electron chi connectivity index (χ0n) is 7.61. The van der Waals surface area contributed by atoms with E-state index in [1.165, 1.54) is 25.7 Å². The molecule has 1 nitrogen and oxygen atoms in total. The standard InChI is InChI=1S/C9H19ClO/c1-3-4-5-6-7-11-8-9(2)10/h9H,3-8H2,1-2H3. The predicted molar refractivity (Wildman–Crippen MR) is 50.3 cm³/mol. The lowest BCUT2D eigenvalue weighted by atomic mass is 10.2. The summed E-state index contributed by atoms with van der Waals surface area (Å²) in [5, 5.41) is 0.154. The van der Waals surface area contributed by atoms with Gasteiger partial charge >= 0.3 is 0 Å². The van der Waals surface area contributed by atoms with Crippen molar-refractivity contribution in [3.63, 3.8) is 0 Å². The molecule has 0 saturated carbocycles. The minimum atomic E-state index is 0.154. The van der Waals surface area contributed by atoms with Crippen molar-refractivity contribution in [3.05, 3.63) is 0 Å². The Hall–Kier alpha value is 0.250. The molecule has 0 fully saturated rings. The summed E-state index contributed by atoms with van der Waals surface area (Å²) >= 11 is 5.69. The van der Waals surface area contributed by atoms with E-state index in [1.807, 2.05) is 6.92 Å². The summed E-state index contributed by atoms with van der Waals surface area (Å²) in [6.07, 6.45) is 5.07. The average molecular weight is 179 g/mol. The van der Waals surface area contributed by atoms with Gasteiger partial charge in [-0.25, -0.2) is 0 Å². The van der Waals surface area contributed by atoms with Crippen LogP contribution in [0.25, 0.3) is 0 Å². The van der Waals surface area contributed by atoms with Crippen molar-refractivity contribution >= 4 is 11.6 Å². The third-order valence-electron chi connectivity index (χ3n) is 1.49. The van der Waals surface area contributed by atoms with Crippen LogP contribution in [0.5, 0.6) is 0 Å². The first-order valence-corrected chi connectivity index (χ1v) is 4.92. The van der Waals surface area contributed by atoms with Gasteiger partial charge in [0, 0.05) is 6.61 Å².